The lowest BCUT2D eigenvalue weighted by atomic mass is 10.1. The first-order valence-corrected chi connectivity index (χ1v) is 9.37. The molecule has 0 bridgehead atoms. The standard InChI is InChI=1S/C15H30O3S/c1-3-4-5-6-7-8-9-10-11-12-13-14-15-18-19(2,16)17/h6-7H,3-5,8-15H2,1-2H3/b7-6+. The highest BCUT2D eigenvalue weighted by atomic mass is 32.2. The molecule has 0 aliphatic rings. The average molecular weight is 290 g/mol. The zero-order valence-corrected chi connectivity index (χ0v) is 13.4. The van der Waals surface area contributed by atoms with Gasteiger partial charge in [-0.15, -0.1) is 0 Å². The van der Waals surface area contributed by atoms with E-state index in [0.29, 0.717) is 6.61 Å². The Morgan fingerprint density at radius 1 is 0.842 bits per heavy atom. The molecule has 0 N–H and O–H groups in total. The number of hydrogen-bond donors (Lipinski definition) is 0. The lowest BCUT2D eigenvalue weighted by molar-refractivity contribution is 0.309. The van der Waals surface area contributed by atoms with Gasteiger partial charge in [-0.1, -0.05) is 57.6 Å². The summed E-state index contributed by atoms with van der Waals surface area (Å²) in [4.78, 5) is 0. The van der Waals surface area contributed by atoms with E-state index in [1.54, 1.807) is 0 Å². The minimum Gasteiger partial charge on any atom is -0.270 e. The molecule has 0 aliphatic carbocycles. The molecule has 4 heteroatoms. The highest BCUT2D eigenvalue weighted by Crippen LogP contribution is 2.08. The van der Waals surface area contributed by atoms with E-state index in [9.17, 15) is 8.42 Å². The second-order valence-corrected chi connectivity index (χ2v) is 6.69. The molecule has 0 fully saturated rings. The fourth-order valence-electron chi connectivity index (χ4n) is 1.84. The monoisotopic (exact) mass is 290 g/mol. The Labute approximate surface area is 119 Å². The van der Waals surface area contributed by atoms with Crippen molar-refractivity contribution >= 4 is 10.1 Å². The second-order valence-electron chi connectivity index (χ2n) is 5.05. The Bertz CT molecular complexity index is 307. The summed E-state index contributed by atoms with van der Waals surface area (Å²) in [5, 5.41) is 0. The number of unbranched alkanes of at least 4 members (excludes halogenated alkanes) is 8. The van der Waals surface area contributed by atoms with E-state index in [0.717, 1.165) is 19.1 Å². The first-order chi connectivity index (χ1) is 9.06. The molecule has 0 aromatic carbocycles. The predicted octanol–water partition coefficient (Wildman–Crippen LogP) is 4.44. The maximum absolute atomic E-state index is 10.7. The van der Waals surface area contributed by atoms with Crippen LogP contribution in [0.3, 0.4) is 0 Å². The van der Waals surface area contributed by atoms with E-state index in [1.165, 1.54) is 51.4 Å². The van der Waals surface area contributed by atoms with E-state index in [1.807, 2.05) is 0 Å². The third kappa shape index (κ3) is 17.6. The highest BCUT2D eigenvalue weighted by Gasteiger charge is 1.99. The molecule has 0 heterocycles. The molecule has 0 aromatic heterocycles. The molecule has 0 rings (SSSR count). The van der Waals surface area contributed by atoms with Gasteiger partial charge in [0.15, 0.2) is 0 Å². The summed E-state index contributed by atoms with van der Waals surface area (Å²) < 4.78 is 26.1. The summed E-state index contributed by atoms with van der Waals surface area (Å²) in [6.07, 6.45) is 17.5. The van der Waals surface area contributed by atoms with Gasteiger partial charge in [0.2, 0.25) is 0 Å². The molecule has 0 aliphatic heterocycles. The van der Waals surface area contributed by atoms with Crippen LogP contribution in [0.4, 0.5) is 0 Å². The molecule has 0 unspecified atom stereocenters. The van der Waals surface area contributed by atoms with Crippen molar-refractivity contribution in [2.24, 2.45) is 0 Å². The average Bonchev–Trinajstić information content (AvgIpc) is 2.34. The molecule has 0 saturated carbocycles. The SMILES string of the molecule is CCCC/C=C/CCCCCCCCOS(C)(=O)=O. The van der Waals surface area contributed by atoms with Crippen molar-refractivity contribution in [2.75, 3.05) is 12.9 Å². The fraction of sp³-hybridized carbons (Fsp3) is 0.867. The van der Waals surface area contributed by atoms with Gasteiger partial charge in [-0.2, -0.15) is 8.42 Å². The van der Waals surface area contributed by atoms with Gasteiger partial charge in [0, 0.05) is 0 Å². The quantitative estimate of drug-likeness (QED) is 0.286. The molecule has 0 aromatic rings. The molecular formula is C15H30O3S. The first-order valence-electron chi connectivity index (χ1n) is 7.55. The van der Waals surface area contributed by atoms with Crippen LogP contribution in [0.15, 0.2) is 12.2 Å². The van der Waals surface area contributed by atoms with Gasteiger partial charge >= 0.3 is 0 Å². The molecular weight excluding hydrogens is 260 g/mol. The Balaban J connectivity index is 3.13. The normalized spacial score (nSPS) is 12.3. The number of allylic oxidation sites excluding steroid dienone is 2. The predicted molar refractivity (Wildman–Crippen MR) is 81.8 cm³/mol. The lowest BCUT2D eigenvalue weighted by Crippen LogP contribution is -2.03. The van der Waals surface area contributed by atoms with Crippen LogP contribution < -0.4 is 0 Å². The van der Waals surface area contributed by atoms with Crippen LogP contribution in [0.1, 0.15) is 71.1 Å². The van der Waals surface area contributed by atoms with Crippen LogP contribution in [0.2, 0.25) is 0 Å². The Morgan fingerprint density at radius 3 is 1.95 bits per heavy atom. The zero-order valence-electron chi connectivity index (χ0n) is 12.6. The van der Waals surface area contributed by atoms with Crippen molar-refractivity contribution in [3.05, 3.63) is 12.2 Å². The van der Waals surface area contributed by atoms with Crippen molar-refractivity contribution in [1.82, 2.24) is 0 Å². The van der Waals surface area contributed by atoms with Gasteiger partial charge in [-0.25, -0.2) is 0 Å². The second kappa shape index (κ2) is 12.7. The van der Waals surface area contributed by atoms with Crippen molar-refractivity contribution < 1.29 is 12.6 Å². The topological polar surface area (TPSA) is 43.4 Å². The van der Waals surface area contributed by atoms with Gasteiger partial charge in [-0.05, 0) is 25.7 Å². The van der Waals surface area contributed by atoms with Crippen LogP contribution in [0.5, 0.6) is 0 Å². The van der Waals surface area contributed by atoms with E-state index >= 15 is 0 Å². The minimum atomic E-state index is -3.25. The fourth-order valence-corrected chi connectivity index (χ4v) is 2.26. The highest BCUT2D eigenvalue weighted by molar-refractivity contribution is 7.85. The van der Waals surface area contributed by atoms with Crippen molar-refractivity contribution in [3.8, 4) is 0 Å². The van der Waals surface area contributed by atoms with Crippen LogP contribution in [-0.4, -0.2) is 21.3 Å². The molecule has 0 atom stereocenters. The largest absolute Gasteiger partial charge is 0.270 e. The number of hydrogen-bond acceptors (Lipinski definition) is 3. The molecule has 114 valence electrons. The van der Waals surface area contributed by atoms with Gasteiger partial charge in [0.25, 0.3) is 10.1 Å². The van der Waals surface area contributed by atoms with Gasteiger partial charge in [0.1, 0.15) is 0 Å². The van der Waals surface area contributed by atoms with Gasteiger partial charge in [-0.3, -0.25) is 4.18 Å². The maximum atomic E-state index is 10.7. The molecule has 3 nitrogen and oxygen atoms in total. The maximum Gasteiger partial charge on any atom is 0.264 e. The summed E-state index contributed by atoms with van der Waals surface area (Å²) in [6.45, 7) is 2.55. The summed E-state index contributed by atoms with van der Waals surface area (Å²) in [5.41, 5.74) is 0. The summed E-state index contributed by atoms with van der Waals surface area (Å²) in [5.74, 6) is 0. The van der Waals surface area contributed by atoms with Crippen molar-refractivity contribution in [3.63, 3.8) is 0 Å². The minimum absolute atomic E-state index is 0.332. The van der Waals surface area contributed by atoms with Crippen LogP contribution in [0.25, 0.3) is 0 Å². The molecule has 0 radical (unpaired) electrons. The summed E-state index contributed by atoms with van der Waals surface area (Å²) in [7, 11) is -3.25. The number of rotatable bonds is 13. The molecule has 0 spiro atoms. The van der Waals surface area contributed by atoms with Crippen LogP contribution in [-0.2, 0) is 14.3 Å². The van der Waals surface area contributed by atoms with E-state index in [4.69, 9.17) is 0 Å². The van der Waals surface area contributed by atoms with Crippen molar-refractivity contribution in [2.45, 2.75) is 71.1 Å². The van der Waals surface area contributed by atoms with Crippen LogP contribution in [0, 0.1) is 0 Å². The van der Waals surface area contributed by atoms with E-state index in [2.05, 4.69) is 23.3 Å². The van der Waals surface area contributed by atoms with E-state index in [-0.39, 0.29) is 0 Å². The van der Waals surface area contributed by atoms with Gasteiger partial charge < -0.3 is 0 Å². The summed E-state index contributed by atoms with van der Waals surface area (Å²) in [6, 6.07) is 0. The molecule has 0 amide bonds. The lowest BCUT2D eigenvalue weighted by Gasteiger charge is -2.01. The molecule has 19 heavy (non-hydrogen) atoms. The first kappa shape index (κ1) is 18.7. The molecule has 0 saturated heterocycles. The van der Waals surface area contributed by atoms with Crippen molar-refractivity contribution in [1.29, 1.82) is 0 Å². The summed E-state index contributed by atoms with van der Waals surface area (Å²) >= 11 is 0. The third-order valence-corrected chi connectivity index (χ3v) is 3.55. The van der Waals surface area contributed by atoms with Gasteiger partial charge in [0.05, 0.1) is 12.9 Å². The Morgan fingerprint density at radius 2 is 1.37 bits per heavy atom. The smallest absolute Gasteiger partial charge is 0.264 e. The third-order valence-electron chi connectivity index (χ3n) is 2.95. The zero-order chi connectivity index (χ0) is 14.4. The van der Waals surface area contributed by atoms with E-state index < -0.39 is 10.1 Å². The van der Waals surface area contributed by atoms with Crippen LogP contribution >= 0.6 is 0 Å². The Hall–Kier alpha value is -0.350. The Kier molecular flexibility index (Phi) is 12.4.